The summed E-state index contributed by atoms with van der Waals surface area (Å²) in [4.78, 5) is 12.0. The van der Waals surface area contributed by atoms with Crippen molar-refractivity contribution < 1.29 is 19.0 Å². The number of ether oxygens (including phenoxy) is 3. The highest BCUT2D eigenvalue weighted by Crippen LogP contribution is 2.26. The van der Waals surface area contributed by atoms with Crippen molar-refractivity contribution in [2.24, 2.45) is 0 Å². The molecule has 90 valence electrons. The fourth-order valence-corrected chi connectivity index (χ4v) is 1.48. The Kier molecular flexibility index (Phi) is 4.45. The molecule has 1 rings (SSSR count). The first-order chi connectivity index (χ1) is 8.19. The van der Waals surface area contributed by atoms with Gasteiger partial charge in [0.05, 0.1) is 26.9 Å². The van der Waals surface area contributed by atoms with Gasteiger partial charge in [-0.25, -0.2) is 0 Å². The monoisotopic (exact) mass is 234 g/mol. The van der Waals surface area contributed by atoms with Gasteiger partial charge in [-0.15, -0.1) is 12.3 Å². The smallest absolute Gasteiger partial charge is 0.235 e. The van der Waals surface area contributed by atoms with E-state index >= 15 is 0 Å². The highest BCUT2D eigenvalue weighted by molar-refractivity contribution is 6.08. The molecule has 4 heteroatoms. The van der Waals surface area contributed by atoms with E-state index in [1.165, 1.54) is 21.3 Å². The number of hydrogen-bond acceptors (Lipinski definition) is 4. The van der Waals surface area contributed by atoms with Crippen molar-refractivity contribution in [3.63, 3.8) is 0 Å². The number of Topliss-reactive ketones (excluding diaryl/α,β-unsaturated/α-hetero) is 1. The molecule has 0 aliphatic heterocycles. The van der Waals surface area contributed by atoms with Crippen LogP contribution in [0.5, 0.6) is 0 Å². The van der Waals surface area contributed by atoms with Gasteiger partial charge < -0.3 is 14.2 Å². The minimum atomic E-state index is -0.264. The van der Waals surface area contributed by atoms with Crippen molar-refractivity contribution in [3.8, 4) is 12.3 Å². The van der Waals surface area contributed by atoms with Crippen LogP contribution in [-0.4, -0.2) is 27.1 Å². The van der Waals surface area contributed by atoms with Crippen molar-refractivity contribution in [3.05, 3.63) is 28.6 Å². The third-order valence-corrected chi connectivity index (χ3v) is 2.29. The van der Waals surface area contributed by atoms with Crippen molar-refractivity contribution in [2.45, 2.75) is 12.8 Å². The lowest BCUT2D eigenvalue weighted by atomic mass is 10.0. The summed E-state index contributed by atoms with van der Waals surface area (Å²) in [6.07, 6.45) is 6.07. The lowest BCUT2D eigenvalue weighted by Crippen LogP contribution is -2.16. The largest absolute Gasteiger partial charge is 0.489 e. The maximum Gasteiger partial charge on any atom is 0.235 e. The Morgan fingerprint density at radius 1 is 1.18 bits per heavy atom. The molecule has 0 fully saturated rings. The lowest BCUT2D eigenvalue weighted by molar-refractivity contribution is -0.115. The standard InChI is InChI=1S/C13H14O4/c1-5-6-7-9-8-10(15-2)12(16-3)13(17-4)11(9)14/h1H,6-7H2,2-4H3. The zero-order chi connectivity index (χ0) is 12.8. The van der Waals surface area contributed by atoms with Gasteiger partial charge in [-0.2, -0.15) is 0 Å². The van der Waals surface area contributed by atoms with E-state index in [0.29, 0.717) is 24.2 Å². The van der Waals surface area contributed by atoms with Gasteiger partial charge in [-0.05, 0) is 6.42 Å². The number of ketones is 1. The van der Waals surface area contributed by atoms with Crippen LogP contribution in [-0.2, 0) is 19.0 Å². The van der Waals surface area contributed by atoms with Crippen molar-refractivity contribution in [1.29, 1.82) is 0 Å². The van der Waals surface area contributed by atoms with E-state index in [0.717, 1.165) is 0 Å². The van der Waals surface area contributed by atoms with E-state index < -0.39 is 0 Å². The molecular formula is C13H14O4. The van der Waals surface area contributed by atoms with E-state index in [-0.39, 0.29) is 17.3 Å². The van der Waals surface area contributed by atoms with Crippen LogP contribution in [0, 0.1) is 12.3 Å². The van der Waals surface area contributed by atoms with Gasteiger partial charge >= 0.3 is 0 Å². The molecule has 0 saturated carbocycles. The molecule has 0 spiro atoms. The van der Waals surface area contributed by atoms with Crippen molar-refractivity contribution in [1.82, 2.24) is 0 Å². The van der Waals surface area contributed by atoms with E-state index in [1.807, 2.05) is 0 Å². The van der Waals surface area contributed by atoms with E-state index in [2.05, 4.69) is 11.7 Å². The minimum absolute atomic E-state index is 0.120. The average Bonchev–Trinajstić information content (AvgIpc) is 2.36. The SMILES string of the molecule is C#CCCC1=C=C(OC)C(OC)=C(OC)C1=O. The Balaban J connectivity index is 3.23. The summed E-state index contributed by atoms with van der Waals surface area (Å²) < 4.78 is 15.2. The molecule has 0 amide bonds. The summed E-state index contributed by atoms with van der Waals surface area (Å²) in [5.74, 6) is 2.93. The molecule has 17 heavy (non-hydrogen) atoms. The van der Waals surface area contributed by atoms with E-state index in [9.17, 15) is 4.79 Å². The molecule has 0 radical (unpaired) electrons. The number of carbonyl (C=O) groups is 1. The topological polar surface area (TPSA) is 44.8 Å². The fraction of sp³-hybridized carbons (Fsp3) is 0.385. The molecule has 1 aliphatic rings. The van der Waals surface area contributed by atoms with Gasteiger partial charge in [-0.1, -0.05) is 5.73 Å². The maximum absolute atomic E-state index is 12.0. The second-order valence-corrected chi connectivity index (χ2v) is 3.24. The van der Waals surface area contributed by atoms with Crippen molar-refractivity contribution >= 4 is 5.78 Å². The Bertz CT molecular complexity index is 456. The summed E-state index contributed by atoms with van der Waals surface area (Å²) in [7, 11) is 4.32. The zero-order valence-corrected chi connectivity index (χ0v) is 10.1. The summed E-state index contributed by atoms with van der Waals surface area (Å²) in [6, 6.07) is 0. The fourth-order valence-electron chi connectivity index (χ4n) is 1.48. The molecule has 1 aliphatic carbocycles. The Morgan fingerprint density at radius 2 is 1.82 bits per heavy atom. The summed E-state index contributed by atoms with van der Waals surface area (Å²) in [6.45, 7) is 0. The second-order valence-electron chi connectivity index (χ2n) is 3.24. The number of methoxy groups -OCH3 is 3. The van der Waals surface area contributed by atoms with Crippen LogP contribution in [0.2, 0.25) is 0 Å². The molecule has 0 heterocycles. The number of rotatable bonds is 5. The van der Waals surface area contributed by atoms with Crippen LogP contribution in [0.4, 0.5) is 0 Å². The van der Waals surface area contributed by atoms with E-state index in [4.69, 9.17) is 20.6 Å². The van der Waals surface area contributed by atoms with Gasteiger partial charge in [-0.3, -0.25) is 4.79 Å². The molecule has 0 atom stereocenters. The molecule has 0 aromatic heterocycles. The first-order valence-electron chi connectivity index (χ1n) is 5.04. The average molecular weight is 234 g/mol. The zero-order valence-electron chi connectivity index (χ0n) is 10.1. The Labute approximate surface area is 101 Å². The van der Waals surface area contributed by atoms with Crippen LogP contribution < -0.4 is 0 Å². The molecule has 0 aromatic rings. The third kappa shape index (κ3) is 2.52. The number of hydrogen-bond donors (Lipinski definition) is 0. The third-order valence-electron chi connectivity index (χ3n) is 2.29. The lowest BCUT2D eigenvalue weighted by Gasteiger charge is -2.17. The first-order valence-corrected chi connectivity index (χ1v) is 5.04. The predicted octanol–water partition coefficient (Wildman–Crippen LogP) is 1.54. The summed E-state index contributed by atoms with van der Waals surface area (Å²) in [5, 5.41) is 0. The highest BCUT2D eigenvalue weighted by atomic mass is 16.5. The van der Waals surface area contributed by atoms with Crippen molar-refractivity contribution in [2.75, 3.05) is 21.3 Å². The quantitative estimate of drug-likeness (QED) is 0.534. The maximum atomic E-state index is 12.0. The molecule has 0 unspecified atom stereocenters. The van der Waals surface area contributed by atoms with Gasteiger partial charge in [0, 0.05) is 6.42 Å². The second kappa shape index (κ2) is 5.83. The summed E-state index contributed by atoms with van der Waals surface area (Å²) in [5.41, 5.74) is 3.30. The van der Waals surface area contributed by atoms with Gasteiger partial charge in [0.15, 0.2) is 0 Å². The Morgan fingerprint density at radius 3 is 2.29 bits per heavy atom. The van der Waals surface area contributed by atoms with Crippen LogP contribution in [0.15, 0.2) is 28.6 Å². The Hall–Kier alpha value is -2.11. The summed E-state index contributed by atoms with van der Waals surface area (Å²) >= 11 is 0. The first kappa shape index (κ1) is 13.0. The number of terminal acetylenes is 1. The molecule has 0 bridgehead atoms. The molecule has 4 nitrogen and oxygen atoms in total. The van der Waals surface area contributed by atoms with Crippen LogP contribution >= 0.6 is 0 Å². The predicted molar refractivity (Wildman–Crippen MR) is 61.7 cm³/mol. The number of carbonyl (C=O) groups excluding carboxylic acids is 1. The van der Waals surface area contributed by atoms with Gasteiger partial charge in [0.1, 0.15) is 0 Å². The molecule has 0 saturated heterocycles. The molecule has 0 N–H and O–H groups in total. The van der Waals surface area contributed by atoms with E-state index in [1.54, 1.807) is 0 Å². The number of allylic oxidation sites excluding steroid dienone is 1. The molecule has 0 aromatic carbocycles. The van der Waals surface area contributed by atoms with Gasteiger partial charge in [0.2, 0.25) is 23.1 Å². The normalized spacial score (nSPS) is 14.8. The van der Waals surface area contributed by atoms with Crippen LogP contribution in [0.3, 0.4) is 0 Å². The highest BCUT2D eigenvalue weighted by Gasteiger charge is 2.28. The van der Waals surface area contributed by atoms with Gasteiger partial charge in [0.25, 0.3) is 0 Å². The van der Waals surface area contributed by atoms with Crippen LogP contribution in [0.1, 0.15) is 12.8 Å². The van der Waals surface area contributed by atoms with Crippen LogP contribution in [0.25, 0.3) is 0 Å². The molecular weight excluding hydrogens is 220 g/mol. The minimum Gasteiger partial charge on any atom is -0.489 e.